The number of rotatable bonds is 13. The normalized spacial score (nSPS) is 15.0. The molecular weight excluding hydrogens is 527 g/mol. The number of nitrogens with zero attached hydrogens (tertiary/aromatic N) is 1. The molecule has 39 heavy (non-hydrogen) atoms. The summed E-state index contributed by atoms with van der Waals surface area (Å²) < 4.78 is 26.8. The van der Waals surface area contributed by atoms with Gasteiger partial charge in [-0.15, -0.1) is 0 Å². The second-order valence-corrected chi connectivity index (χ2v) is 13.2. The van der Waals surface area contributed by atoms with Crippen LogP contribution in [-0.2, 0) is 21.4 Å². The summed E-state index contributed by atoms with van der Waals surface area (Å²) in [4.78, 5) is 24.9. The Kier molecular flexibility index (Phi) is 13.6. The fraction of sp³-hybridized carbons (Fsp3) is 0.517. The quantitative estimate of drug-likeness (QED) is 0.363. The Morgan fingerprint density at radius 3 is 2.41 bits per heavy atom. The van der Waals surface area contributed by atoms with E-state index in [0.29, 0.717) is 29.3 Å². The third-order valence-corrected chi connectivity index (χ3v) is 9.20. The Balaban J connectivity index is 0.00000533. The number of carboxylic acid groups (broad SMARTS) is 1. The predicted molar refractivity (Wildman–Crippen MR) is 152 cm³/mol. The monoisotopic (exact) mass is 566 g/mol. The summed E-state index contributed by atoms with van der Waals surface area (Å²) in [5.41, 5.74) is 3.54. The summed E-state index contributed by atoms with van der Waals surface area (Å²) in [6, 6.07) is 11.8. The number of thioether (sulfide) groups is 1. The van der Waals surface area contributed by atoms with Crippen molar-refractivity contribution in [2.45, 2.75) is 64.5 Å². The van der Waals surface area contributed by atoms with Crippen LogP contribution in [0.15, 0.2) is 42.5 Å². The molecule has 7 nitrogen and oxygen atoms in total. The van der Waals surface area contributed by atoms with E-state index in [1.54, 1.807) is 12.1 Å². The first-order valence-electron chi connectivity index (χ1n) is 13.2. The van der Waals surface area contributed by atoms with Crippen LogP contribution in [0.5, 0.6) is 0 Å². The molecule has 1 aliphatic carbocycles. The standard InChI is InChI=1S/C29H40N2O5S2.Li/c1-21-9-7-8-12-24(21)26-19-23(13-14-25(26)28(32)30-27(29(33)34)16-18-37-2)20-31(38(3,35)36)17-15-22-10-5-4-6-11-22;/h7-9,12-14,19,22,27H,4-6,10-11,15-18,20H2,1-3H3,(H,30,32)(H,33,34);/q;+1/p-1/t27-;/m0./s1. The van der Waals surface area contributed by atoms with Gasteiger partial charge in [-0.2, -0.15) is 16.1 Å². The van der Waals surface area contributed by atoms with Gasteiger partial charge in [-0.05, 0) is 72.1 Å². The van der Waals surface area contributed by atoms with Crippen molar-refractivity contribution >= 4 is 33.7 Å². The van der Waals surface area contributed by atoms with Crippen molar-refractivity contribution in [3.8, 4) is 11.1 Å². The minimum absolute atomic E-state index is 0. The molecule has 1 fully saturated rings. The third-order valence-electron chi connectivity index (χ3n) is 7.30. The maximum atomic E-state index is 13.3. The first-order valence-corrected chi connectivity index (χ1v) is 16.5. The topological polar surface area (TPSA) is 107 Å². The summed E-state index contributed by atoms with van der Waals surface area (Å²) in [7, 11) is -3.43. The van der Waals surface area contributed by atoms with E-state index >= 15 is 0 Å². The van der Waals surface area contributed by atoms with Gasteiger partial charge in [-0.3, -0.25) is 4.79 Å². The van der Waals surface area contributed by atoms with Gasteiger partial charge >= 0.3 is 18.9 Å². The van der Waals surface area contributed by atoms with Crippen molar-refractivity contribution in [2.75, 3.05) is 24.8 Å². The predicted octanol–water partition coefficient (Wildman–Crippen LogP) is 0.999. The van der Waals surface area contributed by atoms with Crippen LogP contribution in [0.1, 0.15) is 66.4 Å². The molecule has 0 aromatic heterocycles. The zero-order chi connectivity index (χ0) is 27.7. The number of carbonyl (C=O) groups excluding carboxylic acids is 2. The molecule has 0 radical (unpaired) electrons. The number of sulfonamides is 1. The van der Waals surface area contributed by atoms with Crippen LogP contribution in [0.25, 0.3) is 11.1 Å². The van der Waals surface area contributed by atoms with Crippen LogP contribution in [0.3, 0.4) is 0 Å². The van der Waals surface area contributed by atoms with Crippen LogP contribution >= 0.6 is 11.8 Å². The number of benzene rings is 2. The van der Waals surface area contributed by atoms with Crippen molar-refractivity contribution in [2.24, 2.45) is 5.92 Å². The number of amides is 1. The van der Waals surface area contributed by atoms with Gasteiger partial charge in [0.05, 0.1) is 18.3 Å². The van der Waals surface area contributed by atoms with Gasteiger partial charge in [0.25, 0.3) is 5.91 Å². The van der Waals surface area contributed by atoms with Gasteiger partial charge in [-0.25, -0.2) is 8.42 Å². The zero-order valence-corrected chi connectivity index (χ0v) is 25.2. The number of hydrogen-bond donors (Lipinski definition) is 1. The van der Waals surface area contributed by atoms with Crippen molar-refractivity contribution in [3.63, 3.8) is 0 Å². The first kappa shape index (κ1) is 33.4. The summed E-state index contributed by atoms with van der Waals surface area (Å²) in [5, 5.41) is 14.2. The SMILES string of the molecule is CSCC[C@H](NC(=O)c1ccc(CN(CCC2CCCCC2)S(C)(=O)=O)cc1-c1ccccc1C)C(=O)[O-].[Li+]. The zero-order valence-electron chi connectivity index (χ0n) is 23.6. The fourth-order valence-electron chi connectivity index (χ4n) is 5.07. The summed E-state index contributed by atoms with van der Waals surface area (Å²) in [5.74, 6) is -0.681. The summed E-state index contributed by atoms with van der Waals surface area (Å²) in [6.07, 6.45) is 10.2. The van der Waals surface area contributed by atoms with E-state index in [9.17, 15) is 23.1 Å². The Labute approximate surface area is 249 Å². The molecule has 1 amide bonds. The Bertz CT molecular complexity index is 1220. The van der Waals surface area contributed by atoms with Crippen molar-refractivity contribution in [1.82, 2.24) is 9.62 Å². The molecule has 0 spiro atoms. The van der Waals surface area contributed by atoms with Gasteiger partial charge in [0.1, 0.15) is 0 Å². The smallest absolute Gasteiger partial charge is 0.548 e. The Morgan fingerprint density at radius 2 is 1.79 bits per heavy atom. The summed E-state index contributed by atoms with van der Waals surface area (Å²) in [6.45, 7) is 2.62. The molecule has 1 N–H and O–H groups in total. The van der Waals surface area contributed by atoms with Crippen molar-refractivity contribution in [3.05, 3.63) is 59.2 Å². The first-order chi connectivity index (χ1) is 18.1. The van der Waals surface area contributed by atoms with E-state index < -0.39 is 27.9 Å². The number of nitrogens with one attached hydrogen (secondary N) is 1. The van der Waals surface area contributed by atoms with Gasteiger partial charge in [0.2, 0.25) is 10.0 Å². The van der Waals surface area contributed by atoms with E-state index in [1.165, 1.54) is 41.6 Å². The maximum absolute atomic E-state index is 13.3. The van der Waals surface area contributed by atoms with Crippen LogP contribution in [-0.4, -0.2) is 55.5 Å². The summed E-state index contributed by atoms with van der Waals surface area (Å²) >= 11 is 1.50. The number of carboxylic acids is 1. The second kappa shape index (κ2) is 15.9. The molecule has 0 saturated heterocycles. The van der Waals surface area contributed by atoms with Crippen LogP contribution in [0.4, 0.5) is 0 Å². The molecule has 10 heteroatoms. The van der Waals surface area contributed by atoms with Crippen LogP contribution in [0, 0.1) is 12.8 Å². The largest absolute Gasteiger partial charge is 1.00 e. The van der Waals surface area contributed by atoms with E-state index in [-0.39, 0.29) is 31.8 Å². The number of carbonyl (C=O) groups is 2. The van der Waals surface area contributed by atoms with Gasteiger partial charge in [0, 0.05) is 18.7 Å². The minimum atomic E-state index is -3.43. The fourth-order valence-corrected chi connectivity index (χ4v) is 6.37. The number of hydrogen-bond acceptors (Lipinski definition) is 6. The second-order valence-electron chi connectivity index (χ2n) is 10.2. The molecule has 2 aromatic rings. The molecule has 0 aliphatic heterocycles. The Morgan fingerprint density at radius 1 is 1.10 bits per heavy atom. The maximum Gasteiger partial charge on any atom is 1.00 e. The molecule has 0 heterocycles. The third kappa shape index (κ3) is 9.98. The van der Waals surface area contributed by atoms with E-state index in [0.717, 1.165) is 36.0 Å². The average molecular weight is 567 g/mol. The van der Waals surface area contributed by atoms with Crippen LogP contribution in [0.2, 0.25) is 0 Å². The molecule has 2 aromatic carbocycles. The molecule has 1 saturated carbocycles. The molecule has 3 rings (SSSR count). The van der Waals surface area contributed by atoms with Crippen LogP contribution < -0.4 is 29.3 Å². The van der Waals surface area contributed by atoms with Gasteiger partial charge < -0.3 is 15.2 Å². The molecule has 208 valence electrons. The molecule has 1 aliphatic rings. The van der Waals surface area contributed by atoms with E-state index in [2.05, 4.69) is 5.32 Å². The van der Waals surface area contributed by atoms with E-state index in [1.807, 2.05) is 43.5 Å². The minimum Gasteiger partial charge on any atom is -0.548 e. The van der Waals surface area contributed by atoms with Gasteiger partial charge in [0.15, 0.2) is 0 Å². The average Bonchev–Trinajstić information content (AvgIpc) is 2.88. The molecular formula is C29H39LiN2O5S2. The number of aliphatic carboxylic acids is 1. The Hall–Kier alpha value is -1.76. The van der Waals surface area contributed by atoms with Gasteiger partial charge in [-0.1, -0.05) is 62.4 Å². The molecule has 0 unspecified atom stereocenters. The van der Waals surface area contributed by atoms with Crippen molar-refractivity contribution in [1.29, 1.82) is 0 Å². The van der Waals surface area contributed by atoms with E-state index in [4.69, 9.17) is 0 Å². The molecule has 0 bridgehead atoms. The molecule has 1 atom stereocenters. The number of aryl methyl sites for hydroxylation is 1. The van der Waals surface area contributed by atoms with Crippen molar-refractivity contribution < 1.29 is 42.0 Å².